The van der Waals surface area contributed by atoms with Gasteiger partial charge in [-0.15, -0.1) is 0 Å². The number of hydrogen-bond donors (Lipinski definition) is 1. The lowest BCUT2D eigenvalue weighted by Crippen LogP contribution is -2.36. The van der Waals surface area contributed by atoms with E-state index >= 15 is 0 Å². The number of nitrogens with zero attached hydrogens (tertiary/aromatic N) is 4. The van der Waals surface area contributed by atoms with Crippen LogP contribution in [0.15, 0.2) is 30.7 Å². The number of aromatic nitrogens is 3. The topological polar surface area (TPSA) is 46.0 Å². The molecule has 0 amide bonds. The average molecular weight is 271 g/mol. The van der Waals surface area contributed by atoms with Crippen LogP contribution in [0.1, 0.15) is 18.7 Å². The van der Waals surface area contributed by atoms with Crippen molar-refractivity contribution in [2.45, 2.75) is 25.8 Å². The van der Waals surface area contributed by atoms with Gasteiger partial charge in [0.05, 0.1) is 5.69 Å². The van der Waals surface area contributed by atoms with Crippen LogP contribution in [0.3, 0.4) is 0 Å². The zero-order valence-electron chi connectivity index (χ0n) is 12.1. The Labute approximate surface area is 119 Å². The Kier molecular flexibility index (Phi) is 3.69. The fourth-order valence-corrected chi connectivity index (χ4v) is 2.68. The maximum absolute atomic E-state index is 4.51. The van der Waals surface area contributed by atoms with Crippen LogP contribution in [-0.4, -0.2) is 45.6 Å². The molecule has 106 valence electrons. The fraction of sp³-hybridized carbons (Fsp3) is 0.467. The number of hydrogen-bond acceptors (Lipinski definition) is 4. The Morgan fingerprint density at radius 3 is 2.70 bits per heavy atom. The van der Waals surface area contributed by atoms with Crippen LogP contribution in [0.25, 0.3) is 5.82 Å². The molecular formula is C15H21N5. The third kappa shape index (κ3) is 2.67. The molecule has 3 rings (SSSR count). The molecular weight excluding hydrogens is 250 g/mol. The molecule has 5 heteroatoms. The first-order valence-electron chi connectivity index (χ1n) is 7.14. The summed E-state index contributed by atoms with van der Waals surface area (Å²) < 4.78 is 2.03. The first kappa shape index (κ1) is 13.1. The van der Waals surface area contributed by atoms with Crippen molar-refractivity contribution in [2.24, 2.45) is 0 Å². The molecule has 2 aromatic rings. The molecule has 0 spiro atoms. The highest BCUT2D eigenvalue weighted by molar-refractivity contribution is 5.57. The molecule has 1 fully saturated rings. The predicted octanol–water partition coefficient (Wildman–Crippen LogP) is 2.08. The normalized spacial score (nSPS) is 17.3. The molecule has 0 aromatic carbocycles. The first-order valence-corrected chi connectivity index (χ1v) is 7.14. The van der Waals surface area contributed by atoms with Gasteiger partial charge in [0, 0.05) is 24.6 Å². The summed E-state index contributed by atoms with van der Waals surface area (Å²) in [7, 11) is 2.18. The Hall–Kier alpha value is -1.88. The lowest BCUT2D eigenvalue weighted by Gasteiger charge is -2.30. The van der Waals surface area contributed by atoms with Crippen LogP contribution in [-0.2, 0) is 0 Å². The maximum atomic E-state index is 4.51. The predicted molar refractivity (Wildman–Crippen MR) is 80.2 cm³/mol. The zero-order chi connectivity index (χ0) is 13.9. The lowest BCUT2D eigenvalue weighted by molar-refractivity contribution is 0.264. The molecule has 20 heavy (non-hydrogen) atoms. The van der Waals surface area contributed by atoms with Crippen LogP contribution in [0, 0.1) is 6.92 Å². The first-order chi connectivity index (χ1) is 9.74. The van der Waals surface area contributed by atoms with Crippen LogP contribution in [0.2, 0.25) is 0 Å². The van der Waals surface area contributed by atoms with Crippen LogP contribution >= 0.6 is 0 Å². The van der Waals surface area contributed by atoms with Crippen LogP contribution in [0.4, 0.5) is 5.69 Å². The van der Waals surface area contributed by atoms with Crippen molar-refractivity contribution >= 4 is 5.69 Å². The molecule has 5 nitrogen and oxygen atoms in total. The van der Waals surface area contributed by atoms with Crippen LogP contribution in [0.5, 0.6) is 0 Å². The maximum Gasteiger partial charge on any atom is 0.161 e. The van der Waals surface area contributed by atoms with Crippen molar-refractivity contribution < 1.29 is 0 Å². The molecule has 0 aliphatic carbocycles. The van der Waals surface area contributed by atoms with Gasteiger partial charge in [0.15, 0.2) is 5.82 Å². The summed E-state index contributed by atoms with van der Waals surface area (Å²) in [5.41, 5.74) is 1.09. The molecule has 1 N–H and O–H groups in total. The summed E-state index contributed by atoms with van der Waals surface area (Å²) in [6, 6.07) is 4.60. The van der Waals surface area contributed by atoms with E-state index in [1.165, 1.54) is 12.8 Å². The summed E-state index contributed by atoms with van der Waals surface area (Å²) in [5.74, 6) is 1.89. The molecule has 1 aliphatic heterocycles. The Bertz CT molecular complexity index is 569. The van der Waals surface area contributed by atoms with Crippen molar-refractivity contribution in [1.82, 2.24) is 19.4 Å². The van der Waals surface area contributed by atoms with E-state index in [0.717, 1.165) is 30.4 Å². The summed E-state index contributed by atoms with van der Waals surface area (Å²) in [6.07, 6.45) is 7.94. The van der Waals surface area contributed by atoms with E-state index in [0.29, 0.717) is 6.04 Å². The van der Waals surface area contributed by atoms with E-state index in [9.17, 15) is 0 Å². The molecule has 3 heterocycles. The fourth-order valence-electron chi connectivity index (χ4n) is 2.68. The summed E-state index contributed by atoms with van der Waals surface area (Å²) in [4.78, 5) is 11.2. The molecule has 0 saturated carbocycles. The second-order valence-electron chi connectivity index (χ2n) is 5.44. The Morgan fingerprint density at radius 1 is 1.20 bits per heavy atom. The summed E-state index contributed by atoms with van der Waals surface area (Å²) in [5, 5.41) is 3.65. The SMILES string of the molecule is Cc1nccn1-c1ncccc1NC1CCN(C)CC1. The number of likely N-dealkylation sites (tertiary alicyclic amines) is 1. The average Bonchev–Trinajstić information content (AvgIpc) is 2.88. The highest BCUT2D eigenvalue weighted by Gasteiger charge is 2.18. The van der Waals surface area contributed by atoms with Gasteiger partial charge >= 0.3 is 0 Å². The van der Waals surface area contributed by atoms with Gasteiger partial charge in [0.2, 0.25) is 0 Å². The standard InChI is InChI=1S/C15H21N5/c1-12-16-8-11-20(12)15-14(4-3-7-17-15)18-13-5-9-19(2)10-6-13/h3-4,7-8,11,13,18H,5-6,9-10H2,1-2H3. The number of imidazole rings is 1. The second kappa shape index (κ2) is 5.63. The second-order valence-corrected chi connectivity index (χ2v) is 5.44. The minimum absolute atomic E-state index is 0.526. The molecule has 1 aliphatic rings. The van der Waals surface area contributed by atoms with Gasteiger partial charge < -0.3 is 10.2 Å². The number of piperidine rings is 1. The van der Waals surface area contributed by atoms with E-state index in [1.54, 1.807) is 0 Å². The Balaban J connectivity index is 1.82. The molecule has 2 aromatic heterocycles. The van der Waals surface area contributed by atoms with Crippen molar-refractivity contribution in [2.75, 3.05) is 25.5 Å². The molecule has 1 saturated heterocycles. The van der Waals surface area contributed by atoms with Gasteiger partial charge in [-0.05, 0) is 52.0 Å². The zero-order valence-corrected chi connectivity index (χ0v) is 12.1. The minimum Gasteiger partial charge on any atom is -0.379 e. The monoisotopic (exact) mass is 271 g/mol. The highest BCUT2D eigenvalue weighted by Crippen LogP contribution is 2.22. The van der Waals surface area contributed by atoms with Crippen molar-refractivity contribution in [1.29, 1.82) is 0 Å². The number of aryl methyl sites for hydroxylation is 1. The highest BCUT2D eigenvalue weighted by atomic mass is 15.2. The minimum atomic E-state index is 0.526. The van der Waals surface area contributed by atoms with E-state index in [-0.39, 0.29) is 0 Å². The molecule has 0 radical (unpaired) electrons. The van der Waals surface area contributed by atoms with Gasteiger partial charge in [-0.2, -0.15) is 0 Å². The number of nitrogens with one attached hydrogen (secondary N) is 1. The summed E-state index contributed by atoms with van der Waals surface area (Å²) in [6.45, 7) is 4.29. The van der Waals surface area contributed by atoms with Gasteiger partial charge in [-0.3, -0.25) is 4.57 Å². The third-order valence-corrected chi connectivity index (χ3v) is 3.92. The van der Waals surface area contributed by atoms with Crippen molar-refractivity contribution in [3.8, 4) is 5.82 Å². The van der Waals surface area contributed by atoms with E-state index in [4.69, 9.17) is 0 Å². The van der Waals surface area contributed by atoms with Gasteiger partial charge in [-0.25, -0.2) is 9.97 Å². The molecule has 0 unspecified atom stereocenters. The smallest absolute Gasteiger partial charge is 0.161 e. The van der Waals surface area contributed by atoms with E-state index in [1.807, 2.05) is 36.1 Å². The van der Waals surface area contributed by atoms with Gasteiger partial charge in [0.25, 0.3) is 0 Å². The number of rotatable bonds is 3. The van der Waals surface area contributed by atoms with Gasteiger partial charge in [-0.1, -0.05) is 0 Å². The van der Waals surface area contributed by atoms with Crippen LogP contribution < -0.4 is 5.32 Å². The largest absolute Gasteiger partial charge is 0.379 e. The quantitative estimate of drug-likeness (QED) is 0.928. The molecule has 0 bridgehead atoms. The van der Waals surface area contributed by atoms with E-state index in [2.05, 4.69) is 33.3 Å². The van der Waals surface area contributed by atoms with Gasteiger partial charge in [0.1, 0.15) is 5.82 Å². The summed E-state index contributed by atoms with van der Waals surface area (Å²) >= 11 is 0. The number of pyridine rings is 1. The number of anilines is 1. The van der Waals surface area contributed by atoms with Crippen molar-refractivity contribution in [3.05, 3.63) is 36.5 Å². The third-order valence-electron chi connectivity index (χ3n) is 3.92. The lowest BCUT2D eigenvalue weighted by atomic mass is 10.1. The van der Waals surface area contributed by atoms with Crippen molar-refractivity contribution in [3.63, 3.8) is 0 Å². The van der Waals surface area contributed by atoms with E-state index < -0.39 is 0 Å². The molecule has 0 atom stereocenters. The Morgan fingerprint density at radius 2 is 2.00 bits per heavy atom.